The Labute approximate surface area is 123 Å². The van der Waals surface area contributed by atoms with E-state index in [4.69, 9.17) is 0 Å². The van der Waals surface area contributed by atoms with Crippen molar-refractivity contribution in [2.24, 2.45) is 0 Å². The van der Waals surface area contributed by atoms with E-state index in [9.17, 15) is 8.78 Å². The number of hydrogen-bond donors (Lipinski definition) is 1. The summed E-state index contributed by atoms with van der Waals surface area (Å²) in [5.41, 5.74) is 0.899. The number of nitrogens with zero attached hydrogens (tertiary/aromatic N) is 1. The second kappa shape index (κ2) is 4.73. The van der Waals surface area contributed by atoms with E-state index in [0.29, 0.717) is 0 Å². The van der Waals surface area contributed by atoms with Gasteiger partial charge in [-0.3, -0.25) is 0 Å². The van der Waals surface area contributed by atoms with Crippen LogP contribution in [0.15, 0.2) is 18.2 Å². The third-order valence-electron chi connectivity index (χ3n) is 4.37. The van der Waals surface area contributed by atoms with Crippen molar-refractivity contribution >= 4 is 5.69 Å². The molecule has 0 aromatic heterocycles. The van der Waals surface area contributed by atoms with Gasteiger partial charge in [0.25, 0.3) is 0 Å². The highest BCUT2D eigenvalue weighted by atomic mass is 19.3. The number of hydrogen-bond acceptors (Lipinski definition) is 4. The van der Waals surface area contributed by atoms with Gasteiger partial charge in [-0.2, -0.15) is 0 Å². The van der Waals surface area contributed by atoms with Crippen molar-refractivity contribution in [1.82, 2.24) is 5.32 Å². The Morgan fingerprint density at radius 2 is 2.05 bits per heavy atom. The minimum absolute atomic E-state index is 0.0207. The molecule has 1 saturated heterocycles. The molecule has 2 atom stereocenters. The summed E-state index contributed by atoms with van der Waals surface area (Å²) in [7, 11) is 0. The minimum Gasteiger partial charge on any atom is -0.395 e. The molecule has 1 fully saturated rings. The lowest BCUT2D eigenvalue weighted by molar-refractivity contribution is -0.286. The van der Waals surface area contributed by atoms with Crippen molar-refractivity contribution in [3.8, 4) is 11.5 Å². The molecule has 0 spiro atoms. The fourth-order valence-corrected chi connectivity index (χ4v) is 2.79. The van der Waals surface area contributed by atoms with Gasteiger partial charge >= 0.3 is 6.29 Å². The number of halogens is 2. The van der Waals surface area contributed by atoms with E-state index in [-0.39, 0.29) is 23.1 Å². The van der Waals surface area contributed by atoms with Gasteiger partial charge in [-0.15, -0.1) is 8.78 Å². The largest absolute Gasteiger partial charge is 0.586 e. The predicted octanol–water partition coefficient (Wildman–Crippen LogP) is 2.97. The van der Waals surface area contributed by atoms with Crippen molar-refractivity contribution in [2.45, 2.75) is 45.1 Å². The third-order valence-corrected chi connectivity index (χ3v) is 4.37. The van der Waals surface area contributed by atoms with E-state index >= 15 is 0 Å². The van der Waals surface area contributed by atoms with Crippen molar-refractivity contribution in [1.29, 1.82) is 0 Å². The summed E-state index contributed by atoms with van der Waals surface area (Å²) in [5.74, 6) is 0.186. The van der Waals surface area contributed by atoms with Gasteiger partial charge < -0.3 is 19.7 Å². The van der Waals surface area contributed by atoms with Crippen molar-refractivity contribution in [3.63, 3.8) is 0 Å². The molecule has 1 aromatic rings. The smallest absolute Gasteiger partial charge is 0.395 e. The van der Waals surface area contributed by atoms with Crippen LogP contribution in [0.25, 0.3) is 0 Å². The Kier molecular flexibility index (Phi) is 3.24. The molecular weight excluding hydrogens is 278 g/mol. The van der Waals surface area contributed by atoms with E-state index in [1.165, 1.54) is 0 Å². The van der Waals surface area contributed by atoms with Crippen molar-refractivity contribution < 1.29 is 18.3 Å². The van der Waals surface area contributed by atoms with Crippen LogP contribution in [0.1, 0.15) is 27.2 Å². The Morgan fingerprint density at radius 1 is 1.33 bits per heavy atom. The summed E-state index contributed by atoms with van der Waals surface area (Å²) in [6, 6.07) is 5.27. The molecule has 0 bridgehead atoms. The molecule has 4 nitrogen and oxygen atoms in total. The zero-order valence-corrected chi connectivity index (χ0v) is 12.5. The maximum Gasteiger partial charge on any atom is 0.586 e. The van der Waals surface area contributed by atoms with Gasteiger partial charge in [0.05, 0.1) is 0 Å². The molecule has 3 rings (SSSR count). The Morgan fingerprint density at radius 3 is 2.76 bits per heavy atom. The zero-order valence-electron chi connectivity index (χ0n) is 12.5. The number of piperazine rings is 1. The number of ether oxygens (including phenoxy) is 2. The van der Waals surface area contributed by atoms with Crippen LogP contribution in [0, 0.1) is 0 Å². The zero-order chi connectivity index (χ0) is 15.3. The first-order valence-electron chi connectivity index (χ1n) is 7.23. The first kappa shape index (κ1) is 14.4. The Bertz CT molecular complexity index is 552. The molecular formula is C15H20F2N2O2. The monoisotopic (exact) mass is 298 g/mol. The molecule has 2 aliphatic rings. The van der Waals surface area contributed by atoms with Gasteiger partial charge in [0.2, 0.25) is 0 Å². The van der Waals surface area contributed by atoms with E-state index in [2.05, 4.69) is 40.5 Å². The molecule has 0 saturated carbocycles. The van der Waals surface area contributed by atoms with E-state index in [0.717, 1.165) is 25.2 Å². The van der Waals surface area contributed by atoms with Crippen LogP contribution in [0.2, 0.25) is 0 Å². The van der Waals surface area contributed by atoms with Crippen LogP contribution in [0.5, 0.6) is 11.5 Å². The number of alkyl halides is 2. The predicted molar refractivity (Wildman–Crippen MR) is 76.2 cm³/mol. The number of nitrogens with one attached hydrogen (secondary N) is 1. The highest BCUT2D eigenvalue weighted by Gasteiger charge is 2.44. The summed E-state index contributed by atoms with van der Waals surface area (Å²) >= 11 is 0. The van der Waals surface area contributed by atoms with Gasteiger partial charge in [0, 0.05) is 36.4 Å². The summed E-state index contributed by atoms with van der Waals surface area (Å²) in [6.45, 7) is 8.10. The second-order valence-electron chi connectivity index (χ2n) is 6.07. The van der Waals surface area contributed by atoms with E-state index < -0.39 is 6.29 Å². The lowest BCUT2D eigenvalue weighted by Gasteiger charge is -2.46. The van der Waals surface area contributed by atoms with Crippen LogP contribution < -0.4 is 19.7 Å². The summed E-state index contributed by atoms with van der Waals surface area (Å²) in [4.78, 5) is 2.22. The fraction of sp³-hybridized carbons (Fsp3) is 0.600. The van der Waals surface area contributed by atoms with Gasteiger partial charge in [0.1, 0.15) is 0 Å². The van der Waals surface area contributed by atoms with Crippen molar-refractivity contribution in [3.05, 3.63) is 18.2 Å². The highest BCUT2D eigenvalue weighted by Crippen LogP contribution is 2.43. The lowest BCUT2D eigenvalue weighted by atomic mass is 9.93. The maximum absolute atomic E-state index is 13.1. The van der Waals surface area contributed by atoms with Crippen LogP contribution >= 0.6 is 0 Å². The Balaban J connectivity index is 1.87. The summed E-state index contributed by atoms with van der Waals surface area (Å²) in [5, 5.41) is 3.54. The van der Waals surface area contributed by atoms with Gasteiger partial charge in [-0.05, 0) is 32.4 Å². The van der Waals surface area contributed by atoms with Gasteiger partial charge in [-0.1, -0.05) is 6.92 Å². The summed E-state index contributed by atoms with van der Waals surface area (Å²) < 4.78 is 35.2. The Hall–Kier alpha value is -1.56. The molecule has 2 unspecified atom stereocenters. The molecule has 2 aliphatic heterocycles. The number of benzene rings is 1. The molecule has 1 N–H and O–H groups in total. The molecule has 0 aliphatic carbocycles. The lowest BCUT2D eigenvalue weighted by Crippen LogP contribution is -2.62. The standard InChI is InChI=1S/C15H20F2N2O2/c1-4-14(3)9-19(10(2)8-18-14)11-5-6-12-13(7-11)21-15(16,17)20-12/h5-7,10,18H,4,8-9H2,1-3H3. The summed E-state index contributed by atoms with van der Waals surface area (Å²) in [6.07, 6.45) is -2.56. The third kappa shape index (κ3) is 2.64. The van der Waals surface area contributed by atoms with E-state index in [1.54, 1.807) is 12.1 Å². The number of fused-ring (bicyclic) bond motifs is 1. The normalized spacial score (nSPS) is 30.5. The molecule has 1 aromatic carbocycles. The average Bonchev–Trinajstić information content (AvgIpc) is 2.74. The molecule has 116 valence electrons. The van der Waals surface area contributed by atoms with Crippen LogP contribution in [-0.4, -0.2) is 31.0 Å². The molecule has 21 heavy (non-hydrogen) atoms. The average molecular weight is 298 g/mol. The first-order valence-corrected chi connectivity index (χ1v) is 7.23. The molecule has 2 heterocycles. The minimum atomic E-state index is -3.56. The fourth-order valence-electron chi connectivity index (χ4n) is 2.79. The number of anilines is 1. The van der Waals surface area contributed by atoms with Crippen LogP contribution in [-0.2, 0) is 0 Å². The topological polar surface area (TPSA) is 33.7 Å². The maximum atomic E-state index is 13.1. The van der Waals surface area contributed by atoms with Crippen LogP contribution in [0.4, 0.5) is 14.5 Å². The SMILES string of the molecule is CCC1(C)CN(c2ccc3c(c2)OC(F)(F)O3)C(C)CN1. The highest BCUT2D eigenvalue weighted by molar-refractivity contribution is 5.58. The van der Waals surface area contributed by atoms with Gasteiger partial charge in [0.15, 0.2) is 11.5 Å². The molecule has 6 heteroatoms. The van der Waals surface area contributed by atoms with Crippen LogP contribution in [0.3, 0.4) is 0 Å². The quantitative estimate of drug-likeness (QED) is 0.910. The molecule has 0 radical (unpaired) electrons. The van der Waals surface area contributed by atoms with Crippen molar-refractivity contribution in [2.75, 3.05) is 18.0 Å². The first-order chi connectivity index (χ1) is 9.82. The number of rotatable bonds is 2. The van der Waals surface area contributed by atoms with Gasteiger partial charge in [-0.25, -0.2) is 0 Å². The van der Waals surface area contributed by atoms with E-state index in [1.807, 2.05) is 6.07 Å². The molecule has 0 amide bonds. The second-order valence-corrected chi connectivity index (χ2v) is 6.07.